The molecule has 0 radical (unpaired) electrons. The number of nitrogens with one attached hydrogen (secondary N) is 1. The first-order valence-electron chi connectivity index (χ1n) is 6.34. The first-order chi connectivity index (χ1) is 9.10. The van der Waals surface area contributed by atoms with Crippen molar-refractivity contribution in [1.82, 2.24) is 9.55 Å². The predicted molar refractivity (Wildman–Crippen MR) is 80.8 cm³/mol. The third-order valence-corrected chi connectivity index (χ3v) is 2.77. The molecule has 0 bridgehead atoms. The van der Waals surface area contributed by atoms with Crippen molar-refractivity contribution in [2.75, 3.05) is 5.32 Å². The van der Waals surface area contributed by atoms with Gasteiger partial charge in [-0.2, -0.15) is 0 Å². The minimum absolute atomic E-state index is 0.0753. The van der Waals surface area contributed by atoms with Crippen molar-refractivity contribution in [3.63, 3.8) is 0 Å². The Morgan fingerprint density at radius 1 is 1.50 bits per heavy atom. The van der Waals surface area contributed by atoms with Crippen molar-refractivity contribution in [1.29, 1.82) is 0 Å². The molecule has 1 aromatic heterocycles. The molecule has 1 N–H and O–H groups in total. The maximum absolute atomic E-state index is 12.2. The van der Waals surface area contributed by atoms with Crippen LogP contribution in [0.4, 0.5) is 5.82 Å². The zero-order valence-electron chi connectivity index (χ0n) is 12.4. The third-order valence-electron chi connectivity index (χ3n) is 2.14. The van der Waals surface area contributed by atoms with Crippen molar-refractivity contribution in [2.45, 2.75) is 52.8 Å². The van der Waals surface area contributed by atoms with Crippen LogP contribution in [0.2, 0.25) is 0 Å². The lowest BCUT2D eigenvalue weighted by atomic mass is 10.2. The van der Waals surface area contributed by atoms with Crippen LogP contribution >= 0.6 is 15.9 Å². The van der Waals surface area contributed by atoms with Crippen molar-refractivity contribution in [3.05, 3.63) is 21.2 Å². The fourth-order valence-corrected chi connectivity index (χ4v) is 1.88. The molecule has 1 heterocycles. The minimum atomic E-state index is -0.584. The molecule has 112 valence electrons. The number of aromatic nitrogens is 2. The summed E-state index contributed by atoms with van der Waals surface area (Å²) in [5, 5.41) is 2.94. The van der Waals surface area contributed by atoms with Gasteiger partial charge in [-0.05, 0) is 50.5 Å². The summed E-state index contributed by atoms with van der Waals surface area (Å²) in [4.78, 5) is 28.1. The van der Waals surface area contributed by atoms with E-state index in [0.717, 1.165) is 0 Å². The molecule has 0 saturated carbocycles. The topological polar surface area (TPSA) is 73.2 Å². The van der Waals surface area contributed by atoms with Gasteiger partial charge in [0.15, 0.2) is 5.82 Å². The Morgan fingerprint density at radius 2 is 2.10 bits per heavy atom. The molecule has 0 saturated heterocycles. The summed E-state index contributed by atoms with van der Waals surface area (Å²) in [5.41, 5.74) is -0.946. The number of anilines is 1. The van der Waals surface area contributed by atoms with Crippen LogP contribution in [0.15, 0.2) is 15.6 Å². The van der Waals surface area contributed by atoms with E-state index in [-0.39, 0.29) is 24.0 Å². The Kier molecular flexibility index (Phi) is 5.33. The highest BCUT2D eigenvalue weighted by atomic mass is 79.9. The molecule has 0 fully saturated rings. The van der Waals surface area contributed by atoms with Gasteiger partial charge < -0.3 is 10.1 Å². The number of carbonyl (C=O) groups is 1. The number of ether oxygens (including phenoxy) is 1. The number of rotatable bonds is 4. The lowest BCUT2D eigenvalue weighted by Crippen LogP contribution is -2.33. The van der Waals surface area contributed by atoms with Gasteiger partial charge in [0.1, 0.15) is 16.7 Å². The standard InChI is InChI=1S/C13H20BrN3O3/c1-8(2)16-11-12(19)17(9(14)6-15-11)7-10(18)20-13(3,4)5/h6,8H,7H2,1-5H3,(H,15,16). The summed E-state index contributed by atoms with van der Waals surface area (Å²) < 4.78 is 6.93. The van der Waals surface area contributed by atoms with E-state index in [2.05, 4.69) is 26.2 Å². The van der Waals surface area contributed by atoms with Gasteiger partial charge in [0.05, 0.1) is 6.20 Å². The number of hydrogen-bond donors (Lipinski definition) is 1. The van der Waals surface area contributed by atoms with Crippen LogP contribution in [0.5, 0.6) is 0 Å². The highest BCUT2D eigenvalue weighted by molar-refractivity contribution is 9.10. The van der Waals surface area contributed by atoms with E-state index in [9.17, 15) is 9.59 Å². The van der Waals surface area contributed by atoms with Gasteiger partial charge in [-0.25, -0.2) is 4.98 Å². The molecule has 1 rings (SSSR count). The number of hydrogen-bond acceptors (Lipinski definition) is 5. The van der Waals surface area contributed by atoms with Crippen molar-refractivity contribution in [3.8, 4) is 0 Å². The fraction of sp³-hybridized carbons (Fsp3) is 0.615. The van der Waals surface area contributed by atoms with E-state index in [1.54, 1.807) is 20.8 Å². The van der Waals surface area contributed by atoms with Crippen LogP contribution in [0.3, 0.4) is 0 Å². The summed E-state index contributed by atoms with van der Waals surface area (Å²) in [5.74, 6) is -0.256. The second kappa shape index (κ2) is 6.39. The molecule has 0 aliphatic carbocycles. The molecule has 0 aliphatic rings. The summed E-state index contributed by atoms with van der Waals surface area (Å²) in [6.45, 7) is 8.98. The summed E-state index contributed by atoms with van der Waals surface area (Å²) in [7, 11) is 0. The Bertz CT molecular complexity index is 547. The average Bonchev–Trinajstić information content (AvgIpc) is 2.25. The van der Waals surface area contributed by atoms with E-state index in [1.807, 2.05) is 13.8 Å². The van der Waals surface area contributed by atoms with Gasteiger partial charge >= 0.3 is 5.97 Å². The summed E-state index contributed by atoms with van der Waals surface area (Å²) in [6.07, 6.45) is 1.48. The van der Waals surface area contributed by atoms with E-state index >= 15 is 0 Å². The van der Waals surface area contributed by atoms with Crippen molar-refractivity contribution in [2.24, 2.45) is 0 Å². The van der Waals surface area contributed by atoms with E-state index in [4.69, 9.17) is 4.74 Å². The third kappa shape index (κ3) is 4.96. The van der Waals surface area contributed by atoms with Crippen LogP contribution < -0.4 is 10.9 Å². The Balaban J connectivity index is 3.00. The average molecular weight is 346 g/mol. The monoisotopic (exact) mass is 345 g/mol. The molecule has 0 amide bonds. The molecular formula is C13H20BrN3O3. The van der Waals surface area contributed by atoms with E-state index < -0.39 is 11.6 Å². The number of nitrogens with zero attached hydrogens (tertiary/aromatic N) is 2. The van der Waals surface area contributed by atoms with Gasteiger partial charge in [-0.3, -0.25) is 14.2 Å². The van der Waals surface area contributed by atoms with Gasteiger partial charge in [0.2, 0.25) is 0 Å². The first kappa shape index (κ1) is 16.7. The van der Waals surface area contributed by atoms with Gasteiger partial charge in [0.25, 0.3) is 5.56 Å². The molecule has 0 aromatic carbocycles. The van der Waals surface area contributed by atoms with Crippen LogP contribution in [-0.2, 0) is 16.1 Å². The number of esters is 1. The van der Waals surface area contributed by atoms with Crippen molar-refractivity contribution >= 4 is 27.7 Å². The van der Waals surface area contributed by atoms with Gasteiger partial charge in [-0.1, -0.05) is 0 Å². The molecule has 0 spiro atoms. The van der Waals surface area contributed by atoms with Crippen molar-refractivity contribution < 1.29 is 9.53 Å². The highest BCUT2D eigenvalue weighted by Crippen LogP contribution is 2.11. The predicted octanol–water partition coefficient (Wildman–Crippen LogP) is 2.17. The van der Waals surface area contributed by atoms with Gasteiger partial charge in [-0.15, -0.1) is 0 Å². The SMILES string of the molecule is CC(C)Nc1ncc(Br)n(CC(=O)OC(C)(C)C)c1=O. The van der Waals surface area contributed by atoms with Crippen LogP contribution in [0.1, 0.15) is 34.6 Å². The van der Waals surface area contributed by atoms with Crippen LogP contribution in [0, 0.1) is 0 Å². The maximum atomic E-state index is 12.2. The lowest BCUT2D eigenvalue weighted by molar-refractivity contribution is -0.155. The maximum Gasteiger partial charge on any atom is 0.326 e. The molecule has 20 heavy (non-hydrogen) atoms. The molecule has 0 unspecified atom stereocenters. The largest absolute Gasteiger partial charge is 0.459 e. The fourth-order valence-electron chi connectivity index (χ4n) is 1.49. The molecule has 0 atom stereocenters. The lowest BCUT2D eigenvalue weighted by Gasteiger charge is -2.20. The number of halogens is 1. The first-order valence-corrected chi connectivity index (χ1v) is 7.13. The summed E-state index contributed by atoms with van der Waals surface area (Å²) in [6, 6.07) is 0.0753. The summed E-state index contributed by atoms with van der Waals surface area (Å²) >= 11 is 3.22. The molecule has 6 nitrogen and oxygen atoms in total. The van der Waals surface area contributed by atoms with Gasteiger partial charge in [0, 0.05) is 6.04 Å². The minimum Gasteiger partial charge on any atom is -0.459 e. The van der Waals surface area contributed by atoms with Crippen LogP contribution in [-0.4, -0.2) is 27.2 Å². The molecule has 7 heteroatoms. The zero-order valence-corrected chi connectivity index (χ0v) is 13.9. The Hall–Kier alpha value is -1.37. The van der Waals surface area contributed by atoms with Crippen LogP contribution in [0.25, 0.3) is 0 Å². The molecule has 0 aliphatic heterocycles. The Labute approximate surface area is 126 Å². The number of carbonyl (C=O) groups excluding carboxylic acids is 1. The normalized spacial score (nSPS) is 11.6. The second-order valence-electron chi connectivity index (χ2n) is 5.71. The van der Waals surface area contributed by atoms with E-state index in [1.165, 1.54) is 10.8 Å². The highest BCUT2D eigenvalue weighted by Gasteiger charge is 2.19. The smallest absolute Gasteiger partial charge is 0.326 e. The molecular weight excluding hydrogens is 326 g/mol. The Morgan fingerprint density at radius 3 is 2.60 bits per heavy atom. The quantitative estimate of drug-likeness (QED) is 0.846. The zero-order chi connectivity index (χ0) is 15.5. The second-order valence-corrected chi connectivity index (χ2v) is 6.52. The molecule has 1 aromatic rings. The van der Waals surface area contributed by atoms with E-state index in [0.29, 0.717) is 4.60 Å².